The summed E-state index contributed by atoms with van der Waals surface area (Å²) in [4.78, 5) is 19.7. The van der Waals surface area contributed by atoms with Gasteiger partial charge in [0.25, 0.3) is 0 Å². The molecule has 212 valence electrons. The molecule has 6 heteroatoms. The van der Waals surface area contributed by atoms with Crippen molar-refractivity contribution in [3.63, 3.8) is 0 Å². The van der Waals surface area contributed by atoms with Gasteiger partial charge < -0.3 is 19.6 Å². The molecule has 6 nitrogen and oxygen atoms in total. The number of benzene rings is 4. The minimum atomic E-state index is -0.174. The van der Waals surface area contributed by atoms with Gasteiger partial charge in [0.2, 0.25) is 0 Å². The lowest BCUT2D eigenvalue weighted by Crippen LogP contribution is -2.74. The second-order valence-electron chi connectivity index (χ2n) is 13.1. The Bertz CT molecular complexity index is 2110. The van der Waals surface area contributed by atoms with E-state index in [1.807, 2.05) is 6.20 Å². The van der Waals surface area contributed by atoms with Gasteiger partial charge >= 0.3 is 0 Å². The van der Waals surface area contributed by atoms with Crippen LogP contribution in [0.25, 0.3) is 5.57 Å². The van der Waals surface area contributed by atoms with Crippen LogP contribution in [0.3, 0.4) is 0 Å². The number of nitrogens with zero attached hydrogens (tertiary/aromatic N) is 6. The van der Waals surface area contributed by atoms with Gasteiger partial charge in [-0.3, -0.25) is 0 Å². The van der Waals surface area contributed by atoms with Gasteiger partial charge in [-0.15, -0.1) is 0 Å². The summed E-state index contributed by atoms with van der Waals surface area (Å²) in [7, 11) is 2.25. The van der Waals surface area contributed by atoms with E-state index in [2.05, 4.69) is 136 Å². The van der Waals surface area contributed by atoms with Gasteiger partial charge in [0.15, 0.2) is 5.82 Å². The first kappa shape index (κ1) is 23.4. The summed E-state index contributed by atoms with van der Waals surface area (Å²) in [6, 6.07) is 36.4. The second kappa shape index (κ2) is 7.51. The fraction of sp³-hybridized carbons (Fsp3) is 0.211. The van der Waals surface area contributed by atoms with Crippen LogP contribution in [0.4, 0.5) is 39.9 Å². The Hall–Kier alpha value is -5.10. The van der Waals surface area contributed by atoms with Crippen LogP contribution in [-0.4, -0.2) is 29.3 Å². The van der Waals surface area contributed by atoms with Crippen molar-refractivity contribution in [2.45, 2.75) is 37.5 Å². The summed E-state index contributed by atoms with van der Waals surface area (Å²) in [5.41, 5.74) is 14.6. The van der Waals surface area contributed by atoms with Crippen LogP contribution in [-0.2, 0) is 11.8 Å². The molecule has 4 unspecified atom stereocenters. The Morgan fingerprint density at radius 1 is 0.773 bits per heavy atom. The molecule has 0 saturated heterocycles. The van der Waals surface area contributed by atoms with Gasteiger partial charge in [0.05, 0.1) is 23.3 Å². The molecule has 0 N–H and O–H groups in total. The molecule has 2 aliphatic carbocycles. The lowest BCUT2D eigenvalue weighted by Gasteiger charge is -2.71. The Balaban J connectivity index is 1.28. The minimum Gasteiger partial charge on any atom is -0.336 e. The Labute approximate surface area is 256 Å². The predicted molar refractivity (Wildman–Crippen MR) is 175 cm³/mol. The topological polar surface area (TPSA) is 38.7 Å². The monoisotopic (exact) mass is 570 g/mol. The summed E-state index contributed by atoms with van der Waals surface area (Å²) in [5, 5.41) is 0. The van der Waals surface area contributed by atoms with E-state index in [0.717, 1.165) is 24.3 Å². The standard InChI is InChI=1S/C38H30N6/c1-3-37-33-32(38(37)20-23-17-18-28(26(38)19-23)44-31-21-39-22-40-34(31)41(2)36(37)44)25-13-7-8-14-27(25)43-30-16-10-9-15-29(30)42(35(33)43)24-11-5-4-6-12-24/h4-19,21-22,35-36H,3,20H2,1-2H3. The maximum atomic E-state index is 4.86. The molecular weight excluding hydrogens is 540 g/mol. The zero-order chi connectivity index (χ0) is 28.9. The number of aromatic nitrogens is 2. The van der Waals surface area contributed by atoms with Gasteiger partial charge in [-0.05, 0) is 71.5 Å². The molecule has 44 heavy (non-hydrogen) atoms. The lowest BCUT2D eigenvalue weighted by molar-refractivity contribution is 0.112. The first-order valence-electron chi connectivity index (χ1n) is 15.7. The van der Waals surface area contributed by atoms with Crippen molar-refractivity contribution < 1.29 is 0 Å². The quantitative estimate of drug-likeness (QED) is 0.217. The Morgan fingerprint density at radius 2 is 1.52 bits per heavy atom. The summed E-state index contributed by atoms with van der Waals surface area (Å²) in [6.07, 6.45) is 5.88. The smallest absolute Gasteiger partial charge is 0.157 e. The molecule has 4 atom stereocenters. The second-order valence-corrected chi connectivity index (χ2v) is 13.1. The van der Waals surface area contributed by atoms with Crippen molar-refractivity contribution in [3.05, 3.63) is 132 Å². The van der Waals surface area contributed by atoms with Gasteiger partial charge in [-0.2, -0.15) is 0 Å². The Morgan fingerprint density at radius 3 is 2.34 bits per heavy atom. The highest BCUT2D eigenvalue weighted by Gasteiger charge is 2.77. The third-order valence-corrected chi connectivity index (χ3v) is 11.7. The summed E-state index contributed by atoms with van der Waals surface area (Å²) in [5.74, 6) is 1.01. The van der Waals surface area contributed by atoms with E-state index in [-0.39, 0.29) is 23.2 Å². The van der Waals surface area contributed by atoms with Crippen LogP contribution in [0, 0.1) is 5.41 Å². The summed E-state index contributed by atoms with van der Waals surface area (Å²) < 4.78 is 0. The van der Waals surface area contributed by atoms with Crippen molar-refractivity contribution in [1.29, 1.82) is 0 Å². The first-order chi connectivity index (χ1) is 21.7. The number of rotatable bonds is 2. The van der Waals surface area contributed by atoms with E-state index in [1.165, 1.54) is 45.1 Å². The Kier molecular flexibility index (Phi) is 3.99. The third kappa shape index (κ3) is 2.23. The maximum Gasteiger partial charge on any atom is 0.157 e. The molecule has 6 aliphatic rings. The van der Waals surface area contributed by atoms with E-state index in [1.54, 1.807) is 17.5 Å². The van der Waals surface area contributed by atoms with E-state index < -0.39 is 0 Å². The van der Waals surface area contributed by atoms with E-state index in [4.69, 9.17) is 4.98 Å². The van der Waals surface area contributed by atoms with E-state index in [0.29, 0.717) is 0 Å². The highest BCUT2D eigenvalue weighted by atomic mass is 15.5. The van der Waals surface area contributed by atoms with Crippen LogP contribution in [0.2, 0.25) is 0 Å². The molecule has 0 saturated carbocycles. The summed E-state index contributed by atoms with van der Waals surface area (Å²) >= 11 is 0. The largest absolute Gasteiger partial charge is 0.336 e. The first-order valence-corrected chi connectivity index (χ1v) is 15.7. The highest BCUT2D eigenvalue weighted by Crippen LogP contribution is 2.80. The zero-order valence-corrected chi connectivity index (χ0v) is 24.6. The van der Waals surface area contributed by atoms with Gasteiger partial charge in [-0.25, -0.2) is 9.97 Å². The molecule has 0 amide bonds. The van der Waals surface area contributed by atoms with E-state index in [9.17, 15) is 0 Å². The van der Waals surface area contributed by atoms with Crippen LogP contribution < -0.4 is 19.6 Å². The van der Waals surface area contributed by atoms with Crippen LogP contribution in [0.15, 0.2) is 115 Å². The number of hydrogen-bond donors (Lipinski definition) is 0. The van der Waals surface area contributed by atoms with Crippen molar-refractivity contribution in [3.8, 4) is 0 Å². The number of allylic oxidation sites excluding steroid dienone is 1. The molecule has 5 heterocycles. The number of anilines is 7. The molecule has 4 aliphatic heterocycles. The number of fused-ring (bicyclic) bond motifs is 14. The molecule has 2 bridgehead atoms. The minimum absolute atomic E-state index is 0.0240. The van der Waals surface area contributed by atoms with Gasteiger partial charge in [0.1, 0.15) is 24.3 Å². The molecule has 1 aromatic heterocycles. The average molecular weight is 571 g/mol. The zero-order valence-electron chi connectivity index (χ0n) is 24.6. The van der Waals surface area contributed by atoms with Gasteiger partial charge in [-0.1, -0.05) is 67.6 Å². The van der Waals surface area contributed by atoms with Crippen LogP contribution >= 0.6 is 0 Å². The summed E-state index contributed by atoms with van der Waals surface area (Å²) in [6.45, 7) is 2.43. The van der Waals surface area contributed by atoms with E-state index >= 15 is 0 Å². The fourth-order valence-corrected chi connectivity index (χ4v) is 10.4. The molecule has 4 aromatic carbocycles. The molecule has 1 spiro atoms. The lowest BCUT2D eigenvalue weighted by atomic mass is 9.38. The van der Waals surface area contributed by atoms with Crippen molar-refractivity contribution in [1.82, 2.24) is 9.97 Å². The van der Waals surface area contributed by atoms with Crippen molar-refractivity contribution >= 4 is 45.5 Å². The van der Waals surface area contributed by atoms with Crippen LogP contribution in [0.1, 0.15) is 30.0 Å². The predicted octanol–water partition coefficient (Wildman–Crippen LogP) is 7.69. The maximum absolute atomic E-state index is 4.86. The molecule has 11 rings (SSSR count). The number of para-hydroxylation sites is 4. The van der Waals surface area contributed by atoms with Crippen molar-refractivity contribution in [2.24, 2.45) is 5.41 Å². The van der Waals surface area contributed by atoms with Crippen molar-refractivity contribution in [2.75, 3.05) is 26.6 Å². The van der Waals surface area contributed by atoms with Gasteiger partial charge in [0, 0.05) is 34.8 Å². The number of hydrogen-bond acceptors (Lipinski definition) is 6. The fourth-order valence-electron chi connectivity index (χ4n) is 10.4. The SMILES string of the molecule is CCC12C3=C(c4ccccc4N4c5ccccc5N(c5ccccc5)C34)C13Cc1ccc(c3c1)N1c3cncnc3N(C)C12. The normalized spacial score (nSPS) is 27.2. The third-order valence-electron chi connectivity index (χ3n) is 11.7. The molecule has 0 radical (unpaired) electrons. The molecule has 5 aromatic rings. The average Bonchev–Trinajstić information content (AvgIpc) is 3.69. The van der Waals surface area contributed by atoms with Crippen LogP contribution in [0.5, 0.6) is 0 Å². The highest BCUT2D eigenvalue weighted by molar-refractivity contribution is 6.06. The molecular formula is C38H30N6. The molecule has 0 fully saturated rings.